The average molecular weight is 316 g/mol. The molecule has 2 aromatic rings. The van der Waals surface area contributed by atoms with Gasteiger partial charge in [-0.05, 0) is 48.9 Å². The number of nitrogens with one attached hydrogen (secondary N) is 1. The van der Waals surface area contributed by atoms with E-state index in [1.54, 1.807) is 43.3 Å². The minimum atomic E-state index is -2.87. The van der Waals surface area contributed by atoms with E-state index in [0.29, 0.717) is 11.1 Å². The van der Waals surface area contributed by atoms with Gasteiger partial charge in [-0.3, -0.25) is 4.79 Å². The van der Waals surface area contributed by atoms with E-state index in [0.717, 1.165) is 5.56 Å². The molecule has 0 aliphatic rings. The molecule has 2 rings (SSSR count). The van der Waals surface area contributed by atoms with Gasteiger partial charge < -0.3 is 10.1 Å². The van der Waals surface area contributed by atoms with Gasteiger partial charge >= 0.3 is 6.61 Å². The molecule has 23 heavy (non-hydrogen) atoms. The topological polar surface area (TPSA) is 62.1 Å². The number of carbonyl (C=O) groups excluding carboxylic acids is 1. The quantitative estimate of drug-likeness (QED) is 0.916. The molecule has 4 nitrogen and oxygen atoms in total. The van der Waals surface area contributed by atoms with Crippen molar-refractivity contribution in [3.05, 3.63) is 65.2 Å². The van der Waals surface area contributed by atoms with Crippen LogP contribution in [0.15, 0.2) is 48.5 Å². The molecule has 0 unspecified atom stereocenters. The van der Waals surface area contributed by atoms with Gasteiger partial charge in [0, 0.05) is 5.56 Å². The van der Waals surface area contributed by atoms with E-state index in [-0.39, 0.29) is 17.7 Å². The van der Waals surface area contributed by atoms with Gasteiger partial charge in [0.2, 0.25) is 0 Å². The van der Waals surface area contributed by atoms with Gasteiger partial charge in [-0.25, -0.2) is 0 Å². The number of nitriles is 1. The van der Waals surface area contributed by atoms with Crippen molar-refractivity contribution in [2.75, 3.05) is 0 Å². The summed E-state index contributed by atoms with van der Waals surface area (Å²) < 4.78 is 28.5. The van der Waals surface area contributed by atoms with Crippen molar-refractivity contribution in [3.63, 3.8) is 0 Å². The van der Waals surface area contributed by atoms with Crippen LogP contribution in [0.4, 0.5) is 8.78 Å². The van der Waals surface area contributed by atoms with Gasteiger partial charge in [0.1, 0.15) is 5.75 Å². The summed E-state index contributed by atoms with van der Waals surface area (Å²) in [7, 11) is 0. The van der Waals surface area contributed by atoms with E-state index in [1.807, 2.05) is 6.07 Å². The second kappa shape index (κ2) is 7.36. The van der Waals surface area contributed by atoms with Crippen LogP contribution in [-0.2, 0) is 0 Å². The van der Waals surface area contributed by atoms with Crippen molar-refractivity contribution in [2.45, 2.75) is 19.6 Å². The Morgan fingerprint density at radius 2 is 1.74 bits per heavy atom. The Morgan fingerprint density at radius 3 is 2.26 bits per heavy atom. The molecule has 1 atom stereocenters. The predicted octanol–water partition coefficient (Wildman–Crippen LogP) is 3.65. The summed E-state index contributed by atoms with van der Waals surface area (Å²) in [5, 5.41) is 11.5. The van der Waals surface area contributed by atoms with E-state index in [9.17, 15) is 13.6 Å². The molecule has 118 valence electrons. The fraction of sp³-hybridized carbons (Fsp3) is 0.176. The molecule has 2 aromatic carbocycles. The first kappa shape index (κ1) is 16.4. The highest BCUT2D eigenvalue weighted by Crippen LogP contribution is 2.19. The third kappa shape index (κ3) is 4.51. The third-order valence-electron chi connectivity index (χ3n) is 3.23. The highest BCUT2D eigenvalue weighted by Gasteiger charge is 2.12. The molecule has 0 heterocycles. The number of alkyl halides is 2. The molecule has 0 radical (unpaired) electrons. The van der Waals surface area contributed by atoms with Crippen molar-refractivity contribution in [1.29, 1.82) is 5.26 Å². The van der Waals surface area contributed by atoms with Crippen LogP contribution in [0, 0.1) is 11.3 Å². The molecule has 0 spiro atoms. The number of rotatable bonds is 5. The van der Waals surface area contributed by atoms with Crippen LogP contribution in [-0.4, -0.2) is 12.5 Å². The normalized spacial score (nSPS) is 11.6. The van der Waals surface area contributed by atoms with Crippen molar-refractivity contribution in [3.8, 4) is 11.8 Å². The monoisotopic (exact) mass is 316 g/mol. The third-order valence-corrected chi connectivity index (χ3v) is 3.23. The summed E-state index contributed by atoms with van der Waals surface area (Å²) in [6.07, 6.45) is 0. The Hall–Kier alpha value is -2.94. The summed E-state index contributed by atoms with van der Waals surface area (Å²) in [5.41, 5.74) is 1.67. The fourth-order valence-electron chi connectivity index (χ4n) is 2.00. The SMILES string of the molecule is C[C@H](NC(=O)c1ccc(C#N)cc1)c1ccc(OC(F)F)cc1. The number of halogens is 2. The van der Waals surface area contributed by atoms with Gasteiger partial charge in [-0.15, -0.1) is 0 Å². The molecule has 0 fully saturated rings. The van der Waals surface area contributed by atoms with Crippen LogP contribution in [0.2, 0.25) is 0 Å². The molecule has 1 amide bonds. The van der Waals surface area contributed by atoms with Crippen LogP contribution in [0.1, 0.15) is 34.5 Å². The van der Waals surface area contributed by atoms with Gasteiger partial charge in [0.05, 0.1) is 17.7 Å². The van der Waals surface area contributed by atoms with E-state index in [4.69, 9.17) is 5.26 Å². The molecule has 0 aliphatic heterocycles. The van der Waals surface area contributed by atoms with Crippen molar-refractivity contribution < 1.29 is 18.3 Å². The number of benzene rings is 2. The lowest BCUT2D eigenvalue weighted by atomic mass is 10.1. The Morgan fingerprint density at radius 1 is 1.13 bits per heavy atom. The lowest BCUT2D eigenvalue weighted by Crippen LogP contribution is -2.26. The summed E-state index contributed by atoms with van der Waals surface area (Å²) in [6.45, 7) is -1.08. The maximum absolute atomic E-state index is 12.1. The summed E-state index contributed by atoms with van der Waals surface area (Å²) in [6, 6.07) is 14.0. The highest BCUT2D eigenvalue weighted by atomic mass is 19.3. The standard InChI is InChI=1S/C17H14F2N2O2/c1-11(13-6-8-15(9-7-13)23-17(18)19)21-16(22)14-4-2-12(10-20)3-5-14/h2-9,11,17H,1H3,(H,21,22)/t11-/m0/s1. The lowest BCUT2D eigenvalue weighted by molar-refractivity contribution is -0.0498. The van der Waals surface area contributed by atoms with Crippen LogP contribution in [0.5, 0.6) is 5.75 Å². The van der Waals surface area contributed by atoms with Gasteiger partial charge in [0.25, 0.3) is 5.91 Å². The highest BCUT2D eigenvalue weighted by molar-refractivity contribution is 5.94. The zero-order chi connectivity index (χ0) is 16.8. The molecule has 6 heteroatoms. The van der Waals surface area contributed by atoms with Crippen molar-refractivity contribution in [1.82, 2.24) is 5.32 Å². The molecule has 0 saturated heterocycles. The lowest BCUT2D eigenvalue weighted by Gasteiger charge is -2.15. The fourth-order valence-corrected chi connectivity index (χ4v) is 2.00. The molecular formula is C17H14F2N2O2. The average Bonchev–Trinajstić information content (AvgIpc) is 2.55. The van der Waals surface area contributed by atoms with E-state index < -0.39 is 6.61 Å². The van der Waals surface area contributed by atoms with Crippen LogP contribution in [0.25, 0.3) is 0 Å². The van der Waals surface area contributed by atoms with E-state index >= 15 is 0 Å². The second-order valence-electron chi connectivity index (χ2n) is 4.83. The first-order valence-electron chi connectivity index (χ1n) is 6.85. The Kier molecular flexibility index (Phi) is 5.26. The van der Waals surface area contributed by atoms with Crippen LogP contribution in [0.3, 0.4) is 0 Å². The molecule has 0 aromatic heterocycles. The maximum Gasteiger partial charge on any atom is 0.387 e. The van der Waals surface area contributed by atoms with E-state index in [2.05, 4.69) is 10.1 Å². The first-order chi connectivity index (χ1) is 11.0. The Balaban J connectivity index is 2.01. The van der Waals surface area contributed by atoms with Gasteiger partial charge in [0.15, 0.2) is 0 Å². The number of hydrogen-bond acceptors (Lipinski definition) is 3. The number of nitrogens with zero attached hydrogens (tertiary/aromatic N) is 1. The minimum absolute atomic E-state index is 0.0642. The summed E-state index contributed by atoms with van der Waals surface area (Å²) >= 11 is 0. The molecule has 0 aliphatic carbocycles. The molecular weight excluding hydrogens is 302 g/mol. The second-order valence-corrected chi connectivity index (χ2v) is 4.83. The van der Waals surface area contributed by atoms with Crippen LogP contribution < -0.4 is 10.1 Å². The van der Waals surface area contributed by atoms with Crippen LogP contribution >= 0.6 is 0 Å². The maximum atomic E-state index is 12.1. The zero-order valence-corrected chi connectivity index (χ0v) is 12.3. The Bertz CT molecular complexity index is 707. The minimum Gasteiger partial charge on any atom is -0.435 e. The molecule has 0 saturated carbocycles. The van der Waals surface area contributed by atoms with Gasteiger partial charge in [-0.1, -0.05) is 12.1 Å². The van der Waals surface area contributed by atoms with Crippen molar-refractivity contribution >= 4 is 5.91 Å². The summed E-state index contributed by atoms with van der Waals surface area (Å²) in [4.78, 5) is 12.1. The summed E-state index contributed by atoms with van der Waals surface area (Å²) in [5.74, 6) is -0.218. The smallest absolute Gasteiger partial charge is 0.387 e. The van der Waals surface area contributed by atoms with Gasteiger partial charge in [-0.2, -0.15) is 14.0 Å². The Labute approximate surface area is 132 Å². The largest absolute Gasteiger partial charge is 0.435 e. The number of ether oxygens (including phenoxy) is 1. The number of carbonyl (C=O) groups is 1. The molecule has 1 N–H and O–H groups in total. The first-order valence-corrected chi connectivity index (χ1v) is 6.85. The predicted molar refractivity (Wildman–Crippen MR) is 80.1 cm³/mol. The van der Waals surface area contributed by atoms with Crippen molar-refractivity contribution in [2.24, 2.45) is 0 Å². The van der Waals surface area contributed by atoms with E-state index in [1.165, 1.54) is 12.1 Å². The number of amides is 1. The zero-order valence-electron chi connectivity index (χ0n) is 12.3. The number of hydrogen-bond donors (Lipinski definition) is 1. The molecule has 0 bridgehead atoms.